The third kappa shape index (κ3) is 35.0. The molecular weight excluding hydrogens is 567 g/mol. The molecule has 3 nitrogen and oxygen atoms in total. The molecule has 0 aliphatic heterocycles. The quantitative estimate of drug-likeness (QED) is 0.0399. The summed E-state index contributed by atoms with van der Waals surface area (Å²) in [5.41, 5.74) is -0.624. The second-order valence-electron chi connectivity index (χ2n) is 13.0. The summed E-state index contributed by atoms with van der Waals surface area (Å²) in [5, 5.41) is 0. The topological polar surface area (TPSA) is 63.2 Å². The fraction of sp³-hybridized carbons (Fsp3) is 1.00. The first-order chi connectivity index (χ1) is 19.5. The van der Waals surface area contributed by atoms with Crippen molar-refractivity contribution in [1.29, 1.82) is 0 Å². The van der Waals surface area contributed by atoms with E-state index >= 15 is 0 Å². The molecule has 0 amide bonds. The van der Waals surface area contributed by atoms with Crippen molar-refractivity contribution >= 4 is 7.60 Å². The molecule has 1 atom stereocenters. The molecule has 0 aliphatic rings. The third-order valence-electron chi connectivity index (χ3n) is 8.98. The second-order valence-corrected chi connectivity index (χ2v) is 14.8. The summed E-state index contributed by atoms with van der Waals surface area (Å²) in [5.74, 6) is 0. The molecule has 1 unspecified atom stereocenters. The minimum atomic E-state index is -4.45. The zero-order chi connectivity index (χ0) is 29.4. The maximum atomic E-state index is 11.8. The van der Waals surface area contributed by atoms with Gasteiger partial charge in [0.15, 0.2) is 0 Å². The van der Waals surface area contributed by atoms with E-state index < -0.39 is 13.3 Å². The molecule has 0 aromatic carbocycles. The van der Waals surface area contributed by atoms with Crippen molar-refractivity contribution < 1.29 is 31.4 Å². The maximum Gasteiger partial charge on any atom is 2.00 e. The van der Waals surface area contributed by atoms with E-state index in [1.165, 1.54) is 173 Å². The van der Waals surface area contributed by atoms with Crippen LogP contribution in [-0.2, 0) is 21.6 Å². The van der Waals surface area contributed by atoms with E-state index in [2.05, 4.69) is 13.8 Å². The average Bonchev–Trinajstić information content (AvgIpc) is 2.93. The minimum absolute atomic E-state index is 0. The van der Waals surface area contributed by atoms with E-state index in [9.17, 15) is 14.4 Å². The van der Waals surface area contributed by atoms with Crippen molar-refractivity contribution in [2.45, 2.75) is 231 Å². The molecule has 0 rings (SSSR count). The molecule has 0 N–H and O–H groups in total. The molecule has 248 valence electrons. The van der Waals surface area contributed by atoms with E-state index in [0.717, 1.165) is 25.7 Å². The monoisotopic (exact) mass is 640 g/mol. The van der Waals surface area contributed by atoms with Gasteiger partial charge in [-0.25, -0.2) is 0 Å². The van der Waals surface area contributed by atoms with Crippen LogP contribution in [0.3, 0.4) is 0 Å². The molecule has 0 saturated carbocycles. The van der Waals surface area contributed by atoms with Gasteiger partial charge in [-0.1, -0.05) is 220 Å². The third-order valence-corrected chi connectivity index (χ3v) is 10.4. The number of hydrogen-bond acceptors (Lipinski definition) is 3. The first-order valence-electron chi connectivity index (χ1n) is 18.5. The standard InChI is InChI=1S/C36H75O3P.Fe/c1-3-5-7-9-11-13-15-17-19-21-23-25-27-29-31-33-35-36(40(37,38)39)34-32-30-28-26-24-22-20-18-16-14-12-10-8-6-4-2;/h36H,3-35H2,1-2H3,(H2,37,38,39);/q;+2/p-2. The van der Waals surface area contributed by atoms with E-state index in [1.807, 2.05) is 0 Å². The fourth-order valence-corrected chi connectivity index (χ4v) is 7.14. The maximum absolute atomic E-state index is 11.8. The van der Waals surface area contributed by atoms with Gasteiger partial charge in [0.1, 0.15) is 0 Å². The number of rotatable bonds is 34. The Morgan fingerprint density at radius 3 is 0.707 bits per heavy atom. The molecule has 0 aromatic heterocycles. The molecule has 5 heteroatoms. The molecule has 0 bridgehead atoms. The van der Waals surface area contributed by atoms with Gasteiger partial charge in [-0.05, 0) is 18.5 Å². The van der Waals surface area contributed by atoms with Crippen LogP contribution in [0, 0.1) is 0 Å². The van der Waals surface area contributed by atoms with Crippen LogP contribution < -0.4 is 9.79 Å². The molecule has 0 aromatic rings. The Bertz CT molecular complexity index is 525. The summed E-state index contributed by atoms with van der Waals surface area (Å²) >= 11 is 0. The van der Waals surface area contributed by atoms with Gasteiger partial charge in [-0.15, -0.1) is 0 Å². The number of unbranched alkanes of at least 4 members (excludes halogenated alkanes) is 29. The van der Waals surface area contributed by atoms with Crippen LogP contribution in [0.1, 0.15) is 226 Å². The zero-order valence-electron chi connectivity index (χ0n) is 27.9. The van der Waals surface area contributed by atoms with E-state index in [0.29, 0.717) is 12.8 Å². The van der Waals surface area contributed by atoms with Crippen LogP contribution in [0.4, 0.5) is 0 Å². The molecular formula is C36H73FeO3P. The van der Waals surface area contributed by atoms with Crippen LogP contribution in [0.15, 0.2) is 0 Å². The molecule has 0 saturated heterocycles. The summed E-state index contributed by atoms with van der Waals surface area (Å²) in [6, 6.07) is 0. The molecule has 41 heavy (non-hydrogen) atoms. The molecule has 0 aliphatic carbocycles. The Labute approximate surface area is 269 Å². The van der Waals surface area contributed by atoms with Gasteiger partial charge in [-0.3, -0.25) is 0 Å². The van der Waals surface area contributed by atoms with Gasteiger partial charge in [0.2, 0.25) is 0 Å². The molecule has 0 fully saturated rings. The fourth-order valence-electron chi connectivity index (χ4n) is 6.14. The van der Waals surface area contributed by atoms with Crippen molar-refractivity contribution in [2.24, 2.45) is 0 Å². The Balaban J connectivity index is 0. The molecule has 0 heterocycles. The van der Waals surface area contributed by atoms with Crippen molar-refractivity contribution in [3.8, 4) is 0 Å². The summed E-state index contributed by atoms with van der Waals surface area (Å²) in [6.07, 6.45) is 41.8. The smallest absolute Gasteiger partial charge is 0.811 e. The Morgan fingerprint density at radius 1 is 0.366 bits per heavy atom. The molecule has 0 spiro atoms. The predicted octanol–water partition coefficient (Wildman–Crippen LogP) is 12.2. The summed E-state index contributed by atoms with van der Waals surface area (Å²) in [6.45, 7) is 4.55. The Morgan fingerprint density at radius 2 is 0.537 bits per heavy atom. The van der Waals surface area contributed by atoms with Crippen molar-refractivity contribution in [1.82, 2.24) is 0 Å². The van der Waals surface area contributed by atoms with Gasteiger partial charge in [0.25, 0.3) is 0 Å². The zero-order valence-corrected chi connectivity index (χ0v) is 29.9. The number of hydrogen-bond donors (Lipinski definition) is 0. The first-order valence-corrected chi connectivity index (χ1v) is 20.1. The van der Waals surface area contributed by atoms with Gasteiger partial charge in [0.05, 0.1) is 0 Å². The second kappa shape index (κ2) is 35.2. The van der Waals surface area contributed by atoms with Crippen LogP contribution in [-0.4, -0.2) is 5.66 Å². The molecule has 0 radical (unpaired) electrons. The largest absolute Gasteiger partial charge is 2.00 e. The summed E-state index contributed by atoms with van der Waals surface area (Å²) in [7, 11) is -4.45. The van der Waals surface area contributed by atoms with Crippen LogP contribution in [0.25, 0.3) is 0 Å². The minimum Gasteiger partial charge on any atom is -0.811 e. The van der Waals surface area contributed by atoms with Crippen LogP contribution in [0.5, 0.6) is 0 Å². The first kappa shape index (κ1) is 43.8. The van der Waals surface area contributed by atoms with E-state index in [4.69, 9.17) is 0 Å². The van der Waals surface area contributed by atoms with E-state index in [1.54, 1.807) is 0 Å². The van der Waals surface area contributed by atoms with Crippen molar-refractivity contribution in [2.75, 3.05) is 0 Å². The van der Waals surface area contributed by atoms with Gasteiger partial charge >= 0.3 is 17.1 Å². The summed E-state index contributed by atoms with van der Waals surface area (Å²) in [4.78, 5) is 23.5. The van der Waals surface area contributed by atoms with Gasteiger partial charge in [-0.2, -0.15) is 0 Å². The van der Waals surface area contributed by atoms with Crippen LogP contribution in [0.2, 0.25) is 0 Å². The predicted molar refractivity (Wildman–Crippen MR) is 175 cm³/mol. The van der Waals surface area contributed by atoms with E-state index in [-0.39, 0.29) is 17.1 Å². The van der Waals surface area contributed by atoms with Gasteiger partial charge in [0, 0.05) is 0 Å². The normalized spacial score (nSPS) is 12.5. The SMILES string of the molecule is CCCCCCCCCCCCCCCCCCC(CCCCCCCCCCCCCCCCC)P(=O)([O-])[O-].[Fe+2]. The van der Waals surface area contributed by atoms with Gasteiger partial charge < -0.3 is 14.4 Å². The Kier molecular flexibility index (Phi) is 37.5. The summed E-state index contributed by atoms with van der Waals surface area (Å²) < 4.78 is 11.8. The van der Waals surface area contributed by atoms with Crippen molar-refractivity contribution in [3.05, 3.63) is 0 Å². The Hall–Kier alpha value is 0.669. The average molecular weight is 641 g/mol. The van der Waals surface area contributed by atoms with Crippen molar-refractivity contribution in [3.63, 3.8) is 0 Å². The van der Waals surface area contributed by atoms with Crippen LogP contribution >= 0.6 is 7.60 Å².